The van der Waals surface area contributed by atoms with Crippen LogP contribution in [0.25, 0.3) is 0 Å². The van der Waals surface area contributed by atoms with Crippen molar-refractivity contribution in [2.75, 3.05) is 26.2 Å². The first-order valence-electron chi connectivity index (χ1n) is 6.68. The molecule has 94 valence electrons. The third kappa shape index (κ3) is 2.38. The van der Waals surface area contributed by atoms with Crippen molar-refractivity contribution in [3.63, 3.8) is 0 Å². The Morgan fingerprint density at radius 3 is 3.24 bits per heavy atom. The van der Waals surface area contributed by atoms with Crippen molar-refractivity contribution in [1.29, 1.82) is 0 Å². The number of nitrogens with one attached hydrogen (secondary N) is 1. The van der Waals surface area contributed by atoms with E-state index in [9.17, 15) is 0 Å². The van der Waals surface area contributed by atoms with Gasteiger partial charge in [-0.05, 0) is 24.8 Å². The van der Waals surface area contributed by atoms with Gasteiger partial charge in [-0.25, -0.2) is 4.98 Å². The van der Waals surface area contributed by atoms with E-state index < -0.39 is 0 Å². The maximum Gasteiger partial charge on any atom is 0.122 e. The maximum atomic E-state index is 4.43. The molecule has 0 aliphatic carbocycles. The van der Waals surface area contributed by atoms with E-state index in [1.807, 2.05) is 6.20 Å². The molecule has 0 spiro atoms. The fourth-order valence-electron chi connectivity index (χ4n) is 3.15. The molecule has 0 bridgehead atoms. The van der Waals surface area contributed by atoms with Gasteiger partial charge in [0.05, 0.1) is 6.54 Å². The minimum absolute atomic E-state index is 0.451. The Morgan fingerprint density at radius 2 is 2.41 bits per heavy atom. The van der Waals surface area contributed by atoms with Gasteiger partial charge in [0, 0.05) is 38.6 Å². The van der Waals surface area contributed by atoms with Crippen LogP contribution in [0, 0.1) is 5.41 Å². The Morgan fingerprint density at radius 1 is 1.47 bits per heavy atom. The Balaban J connectivity index is 1.63. The fraction of sp³-hybridized carbons (Fsp3) is 0.769. The second-order valence-electron chi connectivity index (χ2n) is 5.84. The van der Waals surface area contributed by atoms with Crippen molar-refractivity contribution in [3.8, 4) is 0 Å². The summed E-state index contributed by atoms with van der Waals surface area (Å²) in [6, 6.07) is 0. The van der Waals surface area contributed by atoms with Gasteiger partial charge in [0.1, 0.15) is 5.82 Å². The van der Waals surface area contributed by atoms with Crippen LogP contribution in [0.3, 0.4) is 0 Å². The van der Waals surface area contributed by atoms with E-state index >= 15 is 0 Å². The summed E-state index contributed by atoms with van der Waals surface area (Å²) in [7, 11) is 0. The second-order valence-corrected chi connectivity index (χ2v) is 5.84. The normalized spacial score (nSPS) is 30.2. The van der Waals surface area contributed by atoms with Gasteiger partial charge < -0.3 is 9.88 Å². The summed E-state index contributed by atoms with van der Waals surface area (Å²) in [6.07, 6.45) is 6.68. The average molecular weight is 234 g/mol. The molecule has 3 rings (SSSR count). The maximum absolute atomic E-state index is 4.43. The highest BCUT2D eigenvalue weighted by atomic mass is 15.2. The number of hydrogen-bond donors (Lipinski definition) is 1. The number of nitrogens with zero attached hydrogens (tertiary/aromatic N) is 3. The summed E-state index contributed by atoms with van der Waals surface area (Å²) in [5.41, 5.74) is 0.451. The fourth-order valence-corrected chi connectivity index (χ4v) is 3.15. The summed E-state index contributed by atoms with van der Waals surface area (Å²) >= 11 is 0. The van der Waals surface area contributed by atoms with Gasteiger partial charge in [-0.15, -0.1) is 0 Å². The van der Waals surface area contributed by atoms with E-state index in [2.05, 4.69) is 32.9 Å². The van der Waals surface area contributed by atoms with Gasteiger partial charge in [0.15, 0.2) is 0 Å². The van der Waals surface area contributed by atoms with Crippen molar-refractivity contribution in [2.45, 2.75) is 32.9 Å². The highest BCUT2D eigenvalue weighted by Gasteiger charge is 2.30. The first-order chi connectivity index (χ1) is 8.25. The monoisotopic (exact) mass is 234 g/mol. The summed E-state index contributed by atoms with van der Waals surface area (Å²) in [6.45, 7) is 9.26. The molecule has 4 nitrogen and oxygen atoms in total. The van der Waals surface area contributed by atoms with Crippen LogP contribution < -0.4 is 5.32 Å². The van der Waals surface area contributed by atoms with E-state index in [1.165, 1.54) is 38.3 Å². The minimum Gasteiger partial charge on any atom is -0.333 e. The molecule has 0 saturated carbocycles. The molecule has 1 saturated heterocycles. The summed E-state index contributed by atoms with van der Waals surface area (Å²) in [5, 5.41) is 3.53. The van der Waals surface area contributed by atoms with Crippen LogP contribution in [0.4, 0.5) is 0 Å². The number of hydrogen-bond acceptors (Lipinski definition) is 3. The third-order valence-electron chi connectivity index (χ3n) is 4.11. The number of imidazole rings is 1. The van der Waals surface area contributed by atoms with Crippen LogP contribution in [0.15, 0.2) is 12.4 Å². The average Bonchev–Trinajstić information content (AvgIpc) is 2.76. The molecular weight excluding hydrogens is 212 g/mol. The molecule has 1 fully saturated rings. The smallest absolute Gasteiger partial charge is 0.122 e. The highest BCUT2D eigenvalue weighted by molar-refractivity contribution is 4.96. The molecule has 4 heteroatoms. The van der Waals surface area contributed by atoms with Crippen molar-refractivity contribution < 1.29 is 0 Å². The first kappa shape index (κ1) is 11.2. The van der Waals surface area contributed by atoms with Crippen LogP contribution in [-0.4, -0.2) is 40.6 Å². The molecule has 1 atom stereocenters. The van der Waals surface area contributed by atoms with Crippen LogP contribution in [0.2, 0.25) is 0 Å². The summed E-state index contributed by atoms with van der Waals surface area (Å²) in [4.78, 5) is 6.99. The lowest BCUT2D eigenvalue weighted by atomic mass is 9.82. The summed E-state index contributed by atoms with van der Waals surface area (Å²) in [5.74, 6) is 1.23. The lowest BCUT2D eigenvalue weighted by Gasteiger charge is -2.40. The van der Waals surface area contributed by atoms with Crippen molar-refractivity contribution in [2.24, 2.45) is 5.41 Å². The number of rotatable bonds is 2. The topological polar surface area (TPSA) is 33.1 Å². The Hall–Kier alpha value is -0.870. The van der Waals surface area contributed by atoms with Crippen molar-refractivity contribution in [1.82, 2.24) is 19.8 Å². The molecule has 0 amide bonds. The Kier molecular flexibility index (Phi) is 2.92. The first-order valence-corrected chi connectivity index (χ1v) is 6.68. The van der Waals surface area contributed by atoms with E-state index in [1.54, 1.807) is 0 Å². The van der Waals surface area contributed by atoms with E-state index in [-0.39, 0.29) is 0 Å². The SMILES string of the molecule is CC1(CN2CCn3ccnc3C2)CCCNC1. The van der Waals surface area contributed by atoms with Crippen molar-refractivity contribution >= 4 is 0 Å². The molecule has 1 aromatic rings. The zero-order valence-electron chi connectivity index (χ0n) is 10.7. The standard InChI is InChI=1S/C13H22N4/c1-13(3-2-4-14-10-13)11-16-7-8-17-6-5-15-12(17)9-16/h5-6,14H,2-4,7-11H2,1H3. The Labute approximate surface area is 103 Å². The van der Waals surface area contributed by atoms with Gasteiger partial charge in [0.2, 0.25) is 0 Å². The molecule has 1 aromatic heterocycles. The van der Waals surface area contributed by atoms with Crippen molar-refractivity contribution in [3.05, 3.63) is 18.2 Å². The van der Waals surface area contributed by atoms with Crippen LogP contribution >= 0.6 is 0 Å². The molecule has 1 N–H and O–H groups in total. The zero-order valence-corrected chi connectivity index (χ0v) is 10.7. The molecule has 0 radical (unpaired) electrons. The number of aromatic nitrogens is 2. The van der Waals surface area contributed by atoms with E-state index in [0.29, 0.717) is 5.41 Å². The van der Waals surface area contributed by atoms with E-state index in [4.69, 9.17) is 0 Å². The van der Waals surface area contributed by atoms with Gasteiger partial charge in [0.25, 0.3) is 0 Å². The zero-order chi connectivity index (χ0) is 11.7. The molecular formula is C13H22N4. The molecule has 1 unspecified atom stereocenters. The van der Waals surface area contributed by atoms with Crippen LogP contribution in [0.1, 0.15) is 25.6 Å². The lowest BCUT2D eigenvalue weighted by Crippen LogP contribution is -2.47. The summed E-state index contributed by atoms with van der Waals surface area (Å²) < 4.78 is 2.28. The van der Waals surface area contributed by atoms with Gasteiger partial charge in [-0.2, -0.15) is 0 Å². The number of fused-ring (bicyclic) bond motifs is 1. The quantitative estimate of drug-likeness (QED) is 0.831. The minimum atomic E-state index is 0.451. The highest BCUT2D eigenvalue weighted by Crippen LogP contribution is 2.27. The molecule has 3 heterocycles. The van der Waals surface area contributed by atoms with Crippen LogP contribution in [0.5, 0.6) is 0 Å². The largest absolute Gasteiger partial charge is 0.333 e. The van der Waals surface area contributed by atoms with Gasteiger partial charge >= 0.3 is 0 Å². The Bertz CT molecular complexity index is 379. The second kappa shape index (κ2) is 4.42. The predicted octanol–water partition coefficient (Wildman–Crippen LogP) is 1.09. The predicted molar refractivity (Wildman–Crippen MR) is 67.7 cm³/mol. The third-order valence-corrected chi connectivity index (χ3v) is 4.11. The number of piperidine rings is 1. The molecule has 17 heavy (non-hydrogen) atoms. The molecule has 2 aliphatic heterocycles. The molecule has 2 aliphatic rings. The van der Waals surface area contributed by atoms with Gasteiger partial charge in [-0.1, -0.05) is 6.92 Å². The van der Waals surface area contributed by atoms with E-state index in [0.717, 1.165) is 19.6 Å². The van der Waals surface area contributed by atoms with Gasteiger partial charge in [-0.3, -0.25) is 4.90 Å². The lowest BCUT2D eigenvalue weighted by molar-refractivity contribution is 0.110. The molecule has 0 aromatic carbocycles. The van der Waals surface area contributed by atoms with Crippen LogP contribution in [-0.2, 0) is 13.1 Å².